The quantitative estimate of drug-likeness (QED) is 0.536. The van der Waals surface area contributed by atoms with Crippen molar-refractivity contribution in [2.45, 2.75) is 46.0 Å². The molecule has 4 rings (SSSR count). The van der Waals surface area contributed by atoms with Crippen molar-refractivity contribution in [2.75, 3.05) is 17.7 Å². The topological polar surface area (TPSA) is 91.2 Å². The number of hydrogen-bond acceptors (Lipinski definition) is 6. The van der Waals surface area contributed by atoms with E-state index in [0.29, 0.717) is 35.0 Å². The van der Waals surface area contributed by atoms with Crippen LogP contribution in [0, 0.1) is 25.2 Å². The van der Waals surface area contributed by atoms with Crippen LogP contribution in [-0.4, -0.2) is 24.1 Å². The number of nitrogens with zero attached hydrogens (tertiary/aromatic N) is 1. The van der Waals surface area contributed by atoms with Gasteiger partial charge in [0.15, 0.2) is 5.78 Å². The lowest BCUT2D eigenvalue weighted by molar-refractivity contribution is -0.116. The van der Waals surface area contributed by atoms with Gasteiger partial charge in [0.25, 0.3) is 0 Å². The number of hydrogen-bond donors (Lipinski definition) is 2. The Kier molecular flexibility index (Phi) is 7.62. The van der Waals surface area contributed by atoms with Gasteiger partial charge in [-0.2, -0.15) is 5.26 Å². The Morgan fingerprint density at radius 2 is 2.00 bits per heavy atom. The molecule has 0 aromatic heterocycles. The van der Waals surface area contributed by atoms with E-state index in [2.05, 4.69) is 16.7 Å². The average molecular weight is 488 g/mol. The maximum atomic E-state index is 13.0. The molecule has 1 aliphatic heterocycles. The predicted octanol–water partition coefficient (Wildman–Crippen LogP) is 5.50. The summed E-state index contributed by atoms with van der Waals surface area (Å²) in [6, 6.07) is 15.7. The zero-order valence-corrected chi connectivity index (χ0v) is 21.1. The summed E-state index contributed by atoms with van der Waals surface area (Å²) in [6.45, 7) is 6.42. The Balaban J connectivity index is 1.64. The molecular formula is C28H29N3O3S. The molecule has 0 fully saturated rings. The van der Waals surface area contributed by atoms with Crippen molar-refractivity contribution >= 4 is 29.1 Å². The zero-order chi connectivity index (χ0) is 24.9. The summed E-state index contributed by atoms with van der Waals surface area (Å²) < 4.78 is 5.86. The Bertz CT molecular complexity index is 1270. The molecule has 0 radical (unpaired) electrons. The van der Waals surface area contributed by atoms with E-state index in [1.807, 2.05) is 63.2 Å². The van der Waals surface area contributed by atoms with E-state index in [1.54, 1.807) is 0 Å². The Hall–Kier alpha value is -3.50. The average Bonchev–Trinajstić information content (AvgIpc) is 2.85. The normalized spacial score (nSPS) is 17.4. The van der Waals surface area contributed by atoms with Crippen molar-refractivity contribution in [1.29, 1.82) is 5.26 Å². The number of aryl methyl sites for hydroxylation is 2. The first-order valence-corrected chi connectivity index (χ1v) is 12.8. The van der Waals surface area contributed by atoms with Gasteiger partial charge in [-0.1, -0.05) is 36.0 Å². The number of anilines is 1. The van der Waals surface area contributed by atoms with Gasteiger partial charge in [0.1, 0.15) is 5.75 Å². The first-order chi connectivity index (χ1) is 16.9. The van der Waals surface area contributed by atoms with Crippen molar-refractivity contribution < 1.29 is 14.3 Å². The highest BCUT2D eigenvalue weighted by atomic mass is 32.2. The third-order valence-corrected chi connectivity index (χ3v) is 7.35. The molecule has 35 heavy (non-hydrogen) atoms. The Labute approximate surface area is 210 Å². The van der Waals surface area contributed by atoms with Crippen LogP contribution in [0.3, 0.4) is 0 Å². The molecule has 0 unspecified atom stereocenters. The molecule has 2 aromatic rings. The molecule has 2 aromatic carbocycles. The molecule has 1 atom stereocenters. The molecule has 7 heteroatoms. The monoisotopic (exact) mass is 487 g/mol. The number of ketones is 1. The second-order valence-corrected chi connectivity index (χ2v) is 9.67. The molecule has 2 N–H and O–H groups in total. The van der Waals surface area contributed by atoms with Gasteiger partial charge in [-0.3, -0.25) is 9.59 Å². The summed E-state index contributed by atoms with van der Waals surface area (Å²) in [4.78, 5) is 25.7. The molecule has 1 aliphatic carbocycles. The fraction of sp³-hybridized carbons (Fsp3) is 0.321. The number of Topliss-reactive ketones (excluding diaryl/α,β-unsaturated/α-hetero) is 1. The fourth-order valence-corrected chi connectivity index (χ4v) is 5.37. The van der Waals surface area contributed by atoms with E-state index in [0.717, 1.165) is 40.9 Å². The maximum absolute atomic E-state index is 13.0. The Morgan fingerprint density at radius 3 is 2.74 bits per heavy atom. The van der Waals surface area contributed by atoms with Crippen molar-refractivity contribution in [2.24, 2.45) is 0 Å². The summed E-state index contributed by atoms with van der Waals surface area (Å²) in [7, 11) is 0. The minimum atomic E-state index is -0.517. The number of benzene rings is 2. The van der Waals surface area contributed by atoms with E-state index in [4.69, 9.17) is 4.74 Å². The number of nitrogens with one attached hydrogen (secondary N) is 2. The number of rotatable bonds is 7. The maximum Gasteiger partial charge on any atom is 0.234 e. The number of ether oxygens (including phenoxy) is 1. The molecule has 0 spiro atoms. The SMILES string of the molecule is CCOc1ccccc1[C@@H]1C(C#N)=C(SCC(=O)Nc2ccc(C)c(C)c2)NC2=C1C(=O)CCC2. The lowest BCUT2D eigenvalue weighted by atomic mass is 9.76. The number of nitriles is 1. The van der Waals surface area contributed by atoms with Crippen LogP contribution in [0.1, 0.15) is 48.8 Å². The van der Waals surface area contributed by atoms with Gasteiger partial charge in [0, 0.05) is 28.9 Å². The lowest BCUT2D eigenvalue weighted by Crippen LogP contribution is -2.32. The van der Waals surface area contributed by atoms with Gasteiger partial charge in [0.05, 0.1) is 34.9 Å². The minimum absolute atomic E-state index is 0.0549. The second-order valence-electron chi connectivity index (χ2n) is 8.69. The summed E-state index contributed by atoms with van der Waals surface area (Å²) in [5.41, 5.74) is 5.74. The zero-order valence-electron chi connectivity index (χ0n) is 20.2. The number of allylic oxidation sites excluding steroid dienone is 3. The first-order valence-electron chi connectivity index (χ1n) is 11.8. The molecule has 6 nitrogen and oxygen atoms in total. The van der Waals surface area contributed by atoms with E-state index in [-0.39, 0.29) is 17.4 Å². The van der Waals surface area contributed by atoms with Gasteiger partial charge in [-0.25, -0.2) is 0 Å². The van der Waals surface area contributed by atoms with Crippen LogP contribution in [0.25, 0.3) is 0 Å². The van der Waals surface area contributed by atoms with E-state index in [1.165, 1.54) is 11.8 Å². The number of thioether (sulfide) groups is 1. The minimum Gasteiger partial charge on any atom is -0.494 e. The molecule has 180 valence electrons. The van der Waals surface area contributed by atoms with Gasteiger partial charge < -0.3 is 15.4 Å². The smallest absolute Gasteiger partial charge is 0.234 e. The highest BCUT2D eigenvalue weighted by molar-refractivity contribution is 8.03. The number of dihydropyridines is 1. The molecule has 1 heterocycles. The van der Waals surface area contributed by atoms with Crippen LogP contribution in [0.4, 0.5) is 5.69 Å². The Morgan fingerprint density at radius 1 is 1.20 bits per heavy atom. The van der Waals surface area contributed by atoms with Gasteiger partial charge in [0.2, 0.25) is 5.91 Å². The molecule has 1 amide bonds. The van der Waals surface area contributed by atoms with E-state index in [9.17, 15) is 14.9 Å². The fourth-order valence-electron chi connectivity index (χ4n) is 4.51. The third kappa shape index (κ3) is 5.28. The van der Waals surface area contributed by atoms with Crippen LogP contribution in [-0.2, 0) is 9.59 Å². The predicted molar refractivity (Wildman–Crippen MR) is 139 cm³/mol. The van der Waals surface area contributed by atoms with Crippen LogP contribution < -0.4 is 15.4 Å². The van der Waals surface area contributed by atoms with Gasteiger partial charge >= 0.3 is 0 Å². The number of amides is 1. The van der Waals surface area contributed by atoms with Crippen molar-refractivity contribution in [1.82, 2.24) is 5.32 Å². The molecule has 0 bridgehead atoms. The van der Waals surface area contributed by atoms with Crippen LogP contribution in [0.15, 0.2) is 64.3 Å². The first kappa shape index (κ1) is 24.6. The molecule has 0 saturated carbocycles. The molecular weight excluding hydrogens is 458 g/mol. The summed E-state index contributed by atoms with van der Waals surface area (Å²) in [5.74, 6) is 0.181. The highest BCUT2D eigenvalue weighted by Gasteiger charge is 2.38. The standard InChI is InChI=1S/C28H29N3O3S/c1-4-34-24-11-6-5-8-20(24)26-21(15-29)28(31-22-9-7-10-23(32)27(22)26)35-16-25(33)30-19-13-12-17(2)18(3)14-19/h5-6,8,11-14,26,31H,4,7,9-10,16H2,1-3H3,(H,30,33)/t26-/m1/s1. The van der Waals surface area contributed by atoms with Gasteiger partial charge in [-0.15, -0.1) is 0 Å². The van der Waals surface area contributed by atoms with Crippen LogP contribution in [0.2, 0.25) is 0 Å². The number of carbonyl (C=O) groups is 2. The third-order valence-electron chi connectivity index (χ3n) is 6.33. The van der Waals surface area contributed by atoms with Crippen molar-refractivity contribution in [3.8, 4) is 11.8 Å². The van der Waals surface area contributed by atoms with Crippen molar-refractivity contribution in [3.05, 3.63) is 81.0 Å². The number of para-hydroxylation sites is 1. The van der Waals surface area contributed by atoms with Crippen LogP contribution >= 0.6 is 11.8 Å². The summed E-state index contributed by atoms with van der Waals surface area (Å²) >= 11 is 1.29. The van der Waals surface area contributed by atoms with E-state index < -0.39 is 5.92 Å². The lowest BCUT2D eigenvalue weighted by Gasteiger charge is -2.33. The highest BCUT2D eigenvalue weighted by Crippen LogP contribution is 2.46. The van der Waals surface area contributed by atoms with Gasteiger partial charge in [-0.05, 0) is 62.9 Å². The summed E-state index contributed by atoms with van der Waals surface area (Å²) in [6.07, 6.45) is 1.96. The number of carbonyl (C=O) groups excluding carboxylic acids is 2. The van der Waals surface area contributed by atoms with Crippen molar-refractivity contribution in [3.63, 3.8) is 0 Å². The largest absolute Gasteiger partial charge is 0.494 e. The second kappa shape index (κ2) is 10.8. The van der Waals surface area contributed by atoms with Crippen LogP contribution in [0.5, 0.6) is 5.75 Å². The van der Waals surface area contributed by atoms with E-state index >= 15 is 0 Å². The summed E-state index contributed by atoms with van der Waals surface area (Å²) in [5, 5.41) is 17.1. The molecule has 2 aliphatic rings. The molecule has 0 saturated heterocycles.